The molecule has 7 nitrogen and oxygen atoms in total. The van der Waals surface area contributed by atoms with Crippen molar-refractivity contribution in [1.82, 2.24) is 20.0 Å². The van der Waals surface area contributed by atoms with Gasteiger partial charge in [0.2, 0.25) is 5.91 Å². The normalized spacial score (nSPS) is 27.9. The molecule has 0 radical (unpaired) electrons. The summed E-state index contributed by atoms with van der Waals surface area (Å²) in [5.41, 5.74) is 0.663. The third-order valence-corrected chi connectivity index (χ3v) is 8.44. The minimum Gasteiger partial charge on any atom is -0.337 e. The first-order valence-electron chi connectivity index (χ1n) is 13.3. The first-order valence-corrected chi connectivity index (χ1v) is 13.3. The minimum absolute atomic E-state index is 0.00627. The molecule has 4 aliphatic rings. The molecule has 0 aromatic heterocycles. The monoisotopic (exact) mass is 466 g/mol. The van der Waals surface area contributed by atoms with Gasteiger partial charge in [-0.05, 0) is 50.2 Å². The van der Waals surface area contributed by atoms with Gasteiger partial charge in [0.15, 0.2) is 0 Å². The number of likely N-dealkylation sites (tertiary alicyclic amines) is 1. The van der Waals surface area contributed by atoms with Gasteiger partial charge in [-0.25, -0.2) is 4.79 Å². The Balaban J connectivity index is 1.23. The third-order valence-electron chi connectivity index (χ3n) is 8.44. The van der Waals surface area contributed by atoms with Gasteiger partial charge in [-0.15, -0.1) is 0 Å². The molecule has 1 N–H and O–H groups in total. The fraction of sp³-hybridized carbons (Fsp3) is 0.667. The molecule has 2 saturated carbocycles. The van der Waals surface area contributed by atoms with E-state index >= 15 is 0 Å². The fourth-order valence-electron chi connectivity index (χ4n) is 6.56. The maximum absolute atomic E-state index is 13.7. The maximum atomic E-state index is 13.7. The maximum Gasteiger partial charge on any atom is 0.317 e. The number of amides is 4. The fourth-order valence-corrected chi connectivity index (χ4v) is 6.56. The molecule has 2 aliphatic carbocycles. The van der Waals surface area contributed by atoms with Crippen molar-refractivity contribution in [1.29, 1.82) is 0 Å². The zero-order valence-electron chi connectivity index (χ0n) is 20.2. The average molecular weight is 467 g/mol. The Morgan fingerprint density at radius 2 is 1.41 bits per heavy atom. The van der Waals surface area contributed by atoms with Gasteiger partial charge in [-0.3, -0.25) is 9.59 Å². The van der Waals surface area contributed by atoms with E-state index in [9.17, 15) is 14.4 Å². The average Bonchev–Trinajstić information content (AvgIpc) is 3.28. The lowest BCUT2D eigenvalue weighted by Crippen LogP contribution is -2.58. The van der Waals surface area contributed by atoms with E-state index in [1.807, 2.05) is 45.0 Å². The molecular formula is C27H38N4O3. The number of hydrogen-bond donors (Lipinski definition) is 1. The minimum atomic E-state index is -0.386. The first-order chi connectivity index (χ1) is 16.6. The third kappa shape index (κ3) is 4.80. The van der Waals surface area contributed by atoms with Crippen LogP contribution >= 0.6 is 0 Å². The van der Waals surface area contributed by atoms with Crippen LogP contribution in [0.2, 0.25) is 0 Å². The van der Waals surface area contributed by atoms with Gasteiger partial charge in [-0.1, -0.05) is 50.3 Å². The van der Waals surface area contributed by atoms with Crippen LogP contribution in [0, 0.1) is 5.92 Å². The summed E-state index contributed by atoms with van der Waals surface area (Å²) >= 11 is 0. The number of piperazine rings is 1. The van der Waals surface area contributed by atoms with Crippen molar-refractivity contribution in [2.24, 2.45) is 5.92 Å². The van der Waals surface area contributed by atoms with Crippen LogP contribution in [-0.2, 0) is 4.79 Å². The zero-order chi connectivity index (χ0) is 23.5. The molecule has 3 unspecified atom stereocenters. The number of fused-ring (bicyclic) bond motifs is 1. The SMILES string of the molecule is O=C(NC1CCCCC1)N1CCN(C(=O)C2CC3CCCCC3N2C(=O)c2ccccc2)CC1. The summed E-state index contributed by atoms with van der Waals surface area (Å²) in [6.45, 7) is 2.18. The van der Waals surface area contributed by atoms with Crippen LogP contribution in [0.3, 0.4) is 0 Å². The molecule has 4 fully saturated rings. The Morgan fingerprint density at radius 3 is 2.15 bits per heavy atom. The molecular weight excluding hydrogens is 428 g/mol. The van der Waals surface area contributed by atoms with Crippen LogP contribution in [0.1, 0.15) is 74.6 Å². The highest BCUT2D eigenvalue weighted by Gasteiger charge is 2.48. The Hall–Kier alpha value is -2.57. The van der Waals surface area contributed by atoms with E-state index in [1.54, 1.807) is 0 Å². The van der Waals surface area contributed by atoms with Crippen molar-refractivity contribution in [2.45, 2.75) is 82.3 Å². The summed E-state index contributed by atoms with van der Waals surface area (Å²) in [6, 6.07) is 9.46. The van der Waals surface area contributed by atoms with E-state index < -0.39 is 0 Å². The van der Waals surface area contributed by atoms with Crippen molar-refractivity contribution in [3.63, 3.8) is 0 Å². The Labute approximate surface area is 202 Å². The van der Waals surface area contributed by atoms with Gasteiger partial charge in [0, 0.05) is 43.8 Å². The van der Waals surface area contributed by atoms with Gasteiger partial charge in [0.05, 0.1) is 0 Å². The summed E-state index contributed by atoms with van der Waals surface area (Å²) in [4.78, 5) is 45.6. The summed E-state index contributed by atoms with van der Waals surface area (Å²) in [7, 11) is 0. The van der Waals surface area contributed by atoms with E-state index in [0.717, 1.165) is 38.5 Å². The van der Waals surface area contributed by atoms with E-state index in [2.05, 4.69) is 5.32 Å². The molecule has 3 atom stereocenters. The second kappa shape index (κ2) is 10.4. The van der Waals surface area contributed by atoms with Crippen LogP contribution in [0.5, 0.6) is 0 Å². The topological polar surface area (TPSA) is 73.0 Å². The number of nitrogens with one attached hydrogen (secondary N) is 1. The molecule has 184 valence electrons. The standard InChI is InChI=1S/C27H38N4O3/c32-25(20-9-3-1-4-10-20)31-23-14-8-7-11-21(23)19-24(31)26(33)29-15-17-30(18-16-29)27(34)28-22-12-5-2-6-13-22/h1,3-4,9-10,21-24H,2,5-8,11-19H2,(H,28,34). The Kier molecular flexibility index (Phi) is 7.07. The number of nitrogens with zero attached hydrogens (tertiary/aromatic N) is 3. The lowest BCUT2D eigenvalue weighted by atomic mass is 9.84. The molecule has 0 bridgehead atoms. The lowest BCUT2D eigenvalue weighted by Gasteiger charge is -2.39. The number of carbonyl (C=O) groups excluding carboxylic acids is 3. The van der Waals surface area contributed by atoms with Crippen LogP contribution in [0.4, 0.5) is 4.79 Å². The number of urea groups is 1. The lowest BCUT2D eigenvalue weighted by molar-refractivity contribution is -0.137. The highest BCUT2D eigenvalue weighted by atomic mass is 16.2. The molecule has 34 heavy (non-hydrogen) atoms. The van der Waals surface area contributed by atoms with Crippen LogP contribution < -0.4 is 5.32 Å². The zero-order valence-corrected chi connectivity index (χ0v) is 20.2. The number of rotatable bonds is 3. The highest BCUT2D eigenvalue weighted by molar-refractivity contribution is 5.98. The molecule has 5 rings (SSSR count). The molecule has 2 heterocycles. The quantitative estimate of drug-likeness (QED) is 0.739. The first kappa shape index (κ1) is 23.2. The van der Waals surface area contributed by atoms with Gasteiger partial charge < -0.3 is 20.0 Å². The molecule has 1 aromatic carbocycles. The summed E-state index contributed by atoms with van der Waals surface area (Å²) in [6.07, 6.45) is 10.9. The summed E-state index contributed by atoms with van der Waals surface area (Å²) in [5.74, 6) is 0.461. The van der Waals surface area contributed by atoms with E-state index in [-0.39, 0.29) is 29.9 Å². The summed E-state index contributed by atoms with van der Waals surface area (Å²) < 4.78 is 0. The van der Waals surface area contributed by atoms with Crippen molar-refractivity contribution in [2.75, 3.05) is 26.2 Å². The van der Waals surface area contributed by atoms with Crippen molar-refractivity contribution in [3.8, 4) is 0 Å². The Bertz CT molecular complexity index is 877. The van der Waals surface area contributed by atoms with Crippen molar-refractivity contribution < 1.29 is 14.4 Å². The van der Waals surface area contributed by atoms with Crippen molar-refractivity contribution in [3.05, 3.63) is 35.9 Å². The molecule has 0 spiro atoms. The number of carbonyl (C=O) groups is 3. The second-order valence-corrected chi connectivity index (χ2v) is 10.5. The van der Waals surface area contributed by atoms with Crippen molar-refractivity contribution >= 4 is 17.8 Å². The Morgan fingerprint density at radius 1 is 0.765 bits per heavy atom. The number of hydrogen-bond acceptors (Lipinski definition) is 3. The summed E-state index contributed by atoms with van der Waals surface area (Å²) in [5, 5.41) is 3.19. The smallest absolute Gasteiger partial charge is 0.317 e. The van der Waals surface area contributed by atoms with Gasteiger partial charge >= 0.3 is 6.03 Å². The van der Waals surface area contributed by atoms with Gasteiger partial charge in [-0.2, -0.15) is 0 Å². The van der Waals surface area contributed by atoms with Crippen LogP contribution in [0.15, 0.2) is 30.3 Å². The van der Waals surface area contributed by atoms with E-state index in [0.29, 0.717) is 43.7 Å². The second-order valence-electron chi connectivity index (χ2n) is 10.5. The predicted octanol–water partition coefficient (Wildman–Crippen LogP) is 3.65. The van der Waals surface area contributed by atoms with E-state index in [1.165, 1.54) is 25.7 Å². The highest BCUT2D eigenvalue weighted by Crippen LogP contribution is 2.41. The molecule has 1 aromatic rings. The van der Waals surface area contributed by atoms with Gasteiger partial charge in [0.1, 0.15) is 6.04 Å². The predicted molar refractivity (Wildman–Crippen MR) is 130 cm³/mol. The van der Waals surface area contributed by atoms with Crippen LogP contribution in [-0.4, -0.2) is 76.8 Å². The largest absolute Gasteiger partial charge is 0.337 e. The van der Waals surface area contributed by atoms with Gasteiger partial charge in [0.25, 0.3) is 5.91 Å². The number of benzene rings is 1. The molecule has 2 aliphatic heterocycles. The molecule has 2 saturated heterocycles. The van der Waals surface area contributed by atoms with E-state index in [4.69, 9.17) is 0 Å². The van der Waals surface area contributed by atoms with Crippen LogP contribution in [0.25, 0.3) is 0 Å². The molecule has 7 heteroatoms. The molecule has 4 amide bonds.